The van der Waals surface area contributed by atoms with E-state index in [1.807, 2.05) is 0 Å². The number of benzene rings is 1. The largest absolute Gasteiger partial charge is 0.479 e. The lowest BCUT2D eigenvalue weighted by molar-refractivity contribution is -0.147. The highest BCUT2D eigenvalue weighted by Crippen LogP contribution is 2.12. The van der Waals surface area contributed by atoms with Crippen LogP contribution in [0.5, 0.6) is 0 Å². The second kappa shape index (κ2) is 9.42. The van der Waals surface area contributed by atoms with Gasteiger partial charge in [-0.05, 0) is 30.1 Å². The van der Waals surface area contributed by atoms with E-state index in [0.29, 0.717) is 17.7 Å². The van der Waals surface area contributed by atoms with Gasteiger partial charge in [0.15, 0.2) is 6.10 Å². The maximum atomic E-state index is 11.8. The van der Waals surface area contributed by atoms with Crippen molar-refractivity contribution in [3.05, 3.63) is 35.9 Å². The van der Waals surface area contributed by atoms with Crippen LogP contribution in [0.1, 0.15) is 36.5 Å². The molecule has 1 N–H and O–H groups in total. The molecule has 0 aliphatic rings. The summed E-state index contributed by atoms with van der Waals surface area (Å²) in [5.41, 5.74) is 0.373. The highest BCUT2D eigenvalue weighted by Gasteiger charge is 2.22. The molecule has 0 aliphatic carbocycles. The number of unbranched alkanes of at least 4 members (excludes halogenated alkanes) is 1. The van der Waals surface area contributed by atoms with Gasteiger partial charge in [0.05, 0.1) is 5.56 Å². The van der Waals surface area contributed by atoms with E-state index in [-0.39, 0.29) is 0 Å². The molecule has 0 fully saturated rings. The molecule has 4 nitrogen and oxygen atoms in total. The molecule has 20 heavy (non-hydrogen) atoms. The number of ether oxygens (including phenoxy) is 1. The minimum absolute atomic E-state index is 0.336. The lowest BCUT2D eigenvalue weighted by Crippen LogP contribution is -2.27. The predicted molar refractivity (Wildman–Crippen MR) is 80.1 cm³/mol. The van der Waals surface area contributed by atoms with Crippen molar-refractivity contribution in [2.24, 2.45) is 0 Å². The number of hydrogen-bond acceptors (Lipinski definition) is 4. The Morgan fingerprint density at radius 3 is 2.55 bits per heavy atom. The van der Waals surface area contributed by atoms with E-state index in [1.165, 1.54) is 0 Å². The third-order valence-electron chi connectivity index (χ3n) is 2.70. The molecule has 0 bridgehead atoms. The minimum atomic E-state index is -1.09. The van der Waals surface area contributed by atoms with Crippen LogP contribution in [0.2, 0.25) is 0 Å². The monoisotopic (exact) mass is 296 g/mol. The summed E-state index contributed by atoms with van der Waals surface area (Å²) in [4.78, 5) is 22.9. The molecular formula is C15H20O4S. The highest BCUT2D eigenvalue weighted by atomic mass is 32.2. The van der Waals surface area contributed by atoms with Crippen LogP contribution >= 0.6 is 11.8 Å². The zero-order chi connectivity index (χ0) is 14.8. The van der Waals surface area contributed by atoms with Crippen molar-refractivity contribution >= 4 is 23.7 Å². The molecule has 0 aliphatic heterocycles. The number of rotatable bonds is 9. The second-order valence-electron chi connectivity index (χ2n) is 4.35. The van der Waals surface area contributed by atoms with E-state index < -0.39 is 18.0 Å². The number of aliphatic carboxylic acids is 1. The molecule has 0 radical (unpaired) electrons. The molecule has 0 amide bonds. The molecule has 0 heterocycles. The molecule has 0 spiro atoms. The van der Waals surface area contributed by atoms with Gasteiger partial charge in [-0.3, -0.25) is 0 Å². The van der Waals surface area contributed by atoms with Gasteiger partial charge < -0.3 is 9.84 Å². The smallest absolute Gasteiger partial charge is 0.345 e. The molecule has 1 unspecified atom stereocenters. The Bertz CT molecular complexity index is 419. The number of carbonyl (C=O) groups excluding carboxylic acids is 1. The third-order valence-corrected chi connectivity index (χ3v) is 3.80. The number of carbonyl (C=O) groups is 2. The fourth-order valence-corrected chi connectivity index (χ4v) is 2.62. The van der Waals surface area contributed by atoms with Crippen molar-refractivity contribution < 1.29 is 19.4 Å². The first-order chi connectivity index (χ1) is 9.65. The lowest BCUT2D eigenvalue weighted by atomic mass is 10.2. The molecule has 110 valence electrons. The molecule has 1 aromatic carbocycles. The van der Waals surface area contributed by atoms with Gasteiger partial charge >= 0.3 is 11.9 Å². The van der Waals surface area contributed by atoms with Gasteiger partial charge in [0.2, 0.25) is 0 Å². The molecule has 0 saturated carbocycles. The molecule has 0 aromatic heterocycles. The summed E-state index contributed by atoms with van der Waals surface area (Å²) < 4.78 is 5.05. The van der Waals surface area contributed by atoms with Crippen molar-refractivity contribution in [2.75, 3.05) is 11.5 Å². The van der Waals surface area contributed by atoms with E-state index in [0.717, 1.165) is 18.6 Å². The van der Waals surface area contributed by atoms with Gasteiger partial charge in [0, 0.05) is 6.42 Å². The van der Waals surface area contributed by atoms with Gasteiger partial charge in [0.25, 0.3) is 0 Å². The number of hydrogen-bond donors (Lipinski definition) is 1. The number of carboxylic acids is 1. The van der Waals surface area contributed by atoms with Crippen molar-refractivity contribution in [2.45, 2.75) is 32.3 Å². The molecular weight excluding hydrogens is 276 g/mol. The normalized spacial score (nSPS) is 11.8. The number of esters is 1. The van der Waals surface area contributed by atoms with Gasteiger partial charge in [-0.2, -0.15) is 11.8 Å². The Kier molecular flexibility index (Phi) is 7.80. The predicted octanol–water partition coefficient (Wildman–Crippen LogP) is 3.22. The van der Waals surface area contributed by atoms with Crippen molar-refractivity contribution in [1.82, 2.24) is 0 Å². The summed E-state index contributed by atoms with van der Waals surface area (Å²) in [6.45, 7) is 2.11. The van der Waals surface area contributed by atoms with Crippen molar-refractivity contribution in [1.29, 1.82) is 0 Å². The maximum absolute atomic E-state index is 11.8. The summed E-state index contributed by atoms with van der Waals surface area (Å²) in [5, 5.41) is 9.09. The fraction of sp³-hybridized carbons (Fsp3) is 0.467. The summed E-state index contributed by atoms with van der Waals surface area (Å²) in [6.07, 6.45) is 1.50. The number of carboxylic acid groups (broad SMARTS) is 1. The van der Waals surface area contributed by atoms with E-state index in [1.54, 1.807) is 42.1 Å². The zero-order valence-corrected chi connectivity index (χ0v) is 12.4. The summed E-state index contributed by atoms with van der Waals surface area (Å²) in [7, 11) is 0. The molecule has 1 atom stereocenters. The van der Waals surface area contributed by atoms with Crippen molar-refractivity contribution in [3.8, 4) is 0 Å². The van der Waals surface area contributed by atoms with Crippen LogP contribution in [0.15, 0.2) is 30.3 Å². The highest BCUT2D eigenvalue weighted by molar-refractivity contribution is 7.99. The first kappa shape index (κ1) is 16.6. The first-order valence-electron chi connectivity index (χ1n) is 6.71. The average Bonchev–Trinajstić information content (AvgIpc) is 2.46. The van der Waals surface area contributed by atoms with E-state index in [2.05, 4.69) is 6.92 Å². The zero-order valence-electron chi connectivity index (χ0n) is 11.6. The van der Waals surface area contributed by atoms with Crippen LogP contribution in [0.3, 0.4) is 0 Å². The Labute approximate surface area is 123 Å². The molecule has 1 rings (SSSR count). The molecule has 0 saturated heterocycles. The summed E-state index contributed by atoms with van der Waals surface area (Å²) in [5.74, 6) is 0.0102. The quantitative estimate of drug-likeness (QED) is 0.560. The van der Waals surface area contributed by atoms with Crippen LogP contribution in [0.25, 0.3) is 0 Å². The van der Waals surface area contributed by atoms with Crippen LogP contribution in [0.4, 0.5) is 0 Å². The van der Waals surface area contributed by atoms with Gasteiger partial charge in [-0.1, -0.05) is 31.5 Å². The van der Waals surface area contributed by atoms with E-state index >= 15 is 0 Å². The Balaban J connectivity index is 2.43. The van der Waals surface area contributed by atoms with Crippen molar-refractivity contribution in [3.63, 3.8) is 0 Å². The van der Waals surface area contributed by atoms with Gasteiger partial charge in [0.1, 0.15) is 0 Å². The lowest BCUT2D eigenvalue weighted by Gasteiger charge is -2.13. The van der Waals surface area contributed by atoms with Gasteiger partial charge in [-0.25, -0.2) is 9.59 Å². The third kappa shape index (κ3) is 6.10. The van der Waals surface area contributed by atoms with E-state index in [9.17, 15) is 9.59 Å². The SMILES string of the molecule is CCCCSCCC(OC(=O)c1ccccc1)C(=O)O. The Morgan fingerprint density at radius 2 is 1.95 bits per heavy atom. The van der Waals surface area contributed by atoms with Crippen LogP contribution in [0, 0.1) is 0 Å². The average molecular weight is 296 g/mol. The maximum Gasteiger partial charge on any atom is 0.345 e. The molecule has 5 heteroatoms. The summed E-state index contributed by atoms with van der Waals surface area (Å²) in [6, 6.07) is 8.43. The minimum Gasteiger partial charge on any atom is -0.479 e. The second-order valence-corrected chi connectivity index (χ2v) is 5.58. The Morgan fingerprint density at radius 1 is 1.25 bits per heavy atom. The van der Waals surface area contributed by atoms with Crippen LogP contribution in [-0.4, -0.2) is 34.7 Å². The first-order valence-corrected chi connectivity index (χ1v) is 7.87. The van der Waals surface area contributed by atoms with Gasteiger partial charge in [-0.15, -0.1) is 0 Å². The van der Waals surface area contributed by atoms with Crippen LogP contribution in [-0.2, 0) is 9.53 Å². The summed E-state index contributed by atoms with van der Waals surface area (Å²) >= 11 is 1.69. The topological polar surface area (TPSA) is 63.6 Å². The van der Waals surface area contributed by atoms with E-state index in [4.69, 9.17) is 9.84 Å². The molecule has 1 aromatic rings. The Hall–Kier alpha value is -1.49. The van der Waals surface area contributed by atoms with Crippen LogP contribution < -0.4 is 0 Å². The fourth-order valence-electron chi connectivity index (χ4n) is 1.54. The standard InChI is InChI=1S/C15H20O4S/c1-2-3-10-20-11-9-13(14(16)17)19-15(18)12-7-5-4-6-8-12/h4-8,13H,2-3,9-11H2,1H3,(H,16,17). The number of thioether (sulfide) groups is 1.